The zero-order valence-electron chi connectivity index (χ0n) is 13.7. The van der Waals surface area contributed by atoms with Crippen molar-refractivity contribution in [3.8, 4) is 0 Å². The third-order valence-corrected chi connectivity index (χ3v) is 3.85. The Morgan fingerprint density at radius 2 is 2.13 bits per heavy atom. The average molecular weight is 315 g/mol. The van der Waals surface area contributed by atoms with Gasteiger partial charge in [-0.1, -0.05) is 20.8 Å². The molecule has 23 heavy (non-hydrogen) atoms. The average Bonchev–Trinajstić information content (AvgIpc) is 3.14. The zero-order chi connectivity index (χ0) is 16.4. The first kappa shape index (κ1) is 15.5. The molecule has 0 unspecified atom stereocenters. The predicted octanol–water partition coefficient (Wildman–Crippen LogP) is 1.08. The Kier molecular flexibility index (Phi) is 4.06. The smallest absolute Gasteiger partial charge is 0.223 e. The molecule has 0 fully saturated rings. The van der Waals surface area contributed by atoms with Crippen LogP contribution >= 0.6 is 0 Å². The number of tetrazole rings is 1. The SMILES string of the molecule is CC(C)(C)c1ncc2c(n1)CN(C(=O)CCCn1cnnn1)C2. The molecule has 8 heteroatoms. The van der Waals surface area contributed by atoms with Gasteiger partial charge in [0.25, 0.3) is 0 Å². The van der Waals surface area contributed by atoms with Gasteiger partial charge in [0.05, 0.1) is 12.2 Å². The molecular weight excluding hydrogens is 294 g/mol. The normalized spacial score (nSPS) is 14.1. The van der Waals surface area contributed by atoms with Gasteiger partial charge in [0, 0.05) is 36.7 Å². The molecule has 0 saturated carbocycles. The Morgan fingerprint density at radius 1 is 1.30 bits per heavy atom. The lowest BCUT2D eigenvalue weighted by Gasteiger charge is -2.16. The molecule has 0 aliphatic carbocycles. The highest BCUT2D eigenvalue weighted by Crippen LogP contribution is 2.25. The molecule has 0 aromatic carbocycles. The van der Waals surface area contributed by atoms with Gasteiger partial charge in [-0.15, -0.1) is 5.10 Å². The number of amides is 1. The highest BCUT2D eigenvalue weighted by Gasteiger charge is 2.27. The van der Waals surface area contributed by atoms with Crippen molar-refractivity contribution >= 4 is 5.91 Å². The van der Waals surface area contributed by atoms with Gasteiger partial charge >= 0.3 is 0 Å². The summed E-state index contributed by atoms with van der Waals surface area (Å²) in [5, 5.41) is 10.9. The summed E-state index contributed by atoms with van der Waals surface area (Å²) < 4.78 is 1.63. The van der Waals surface area contributed by atoms with Crippen LogP contribution in [0.15, 0.2) is 12.5 Å². The Bertz CT molecular complexity index is 690. The number of aromatic nitrogens is 6. The second kappa shape index (κ2) is 6.02. The molecule has 2 aromatic heterocycles. The van der Waals surface area contributed by atoms with Gasteiger partial charge < -0.3 is 4.90 Å². The monoisotopic (exact) mass is 315 g/mol. The van der Waals surface area contributed by atoms with E-state index in [9.17, 15) is 4.79 Å². The minimum Gasteiger partial charge on any atom is -0.332 e. The van der Waals surface area contributed by atoms with E-state index in [2.05, 4.69) is 46.3 Å². The van der Waals surface area contributed by atoms with E-state index in [1.807, 2.05) is 11.1 Å². The van der Waals surface area contributed by atoms with Crippen LogP contribution in [0.1, 0.15) is 50.7 Å². The Labute approximate surface area is 134 Å². The van der Waals surface area contributed by atoms with E-state index in [4.69, 9.17) is 0 Å². The maximum Gasteiger partial charge on any atom is 0.223 e. The topological polar surface area (TPSA) is 89.7 Å². The third-order valence-electron chi connectivity index (χ3n) is 3.85. The van der Waals surface area contributed by atoms with Crippen LogP contribution in [-0.4, -0.2) is 41.0 Å². The van der Waals surface area contributed by atoms with Crippen LogP contribution in [0, 0.1) is 0 Å². The number of nitrogens with zero attached hydrogens (tertiary/aromatic N) is 7. The van der Waals surface area contributed by atoms with Gasteiger partial charge in [0.1, 0.15) is 12.2 Å². The standard InChI is InChI=1S/C15H21N7O/c1-15(2,3)14-16-7-11-8-21(9-12(11)18-14)13(23)5-4-6-22-10-17-19-20-22/h7,10H,4-6,8-9H2,1-3H3. The molecule has 0 radical (unpaired) electrons. The fraction of sp³-hybridized carbons (Fsp3) is 0.600. The van der Waals surface area contributed by atoms with Gasteiger partial charge in [-0.2, -0.15) is 0 Å². The molecule has 3 rings (SSSR count). The van der Waals surface area contributed by atoms with Crippen LogP contribution in [0.3, 0.4) is 0 Å². The number of hydrogen-bond acceptors (Lipinski definition) is 6. The van der Waals surface area contributed by atoms with E-state index in [1.54, 1.807) is 11.0 Å². The molecule has 1 amide bonds. The van der Waals surface area contributed by atoms with Crippen LogP contribution in [0.25, 0.3) is 0 Å². The van der Waals surface area contributed by atoms with Gasteiger partial charge in [-0.05, 0) is 16.8 Å². The summed E-state index contributed by atoms with van der Waals surface area (Å²) in [4.78, 5) is 23.3. The summed E-state index contributed by atoms with van der Waals surface area (Å²) in [6.07, 6.45) is 4.61. The lowest BCUT2D eigenvalue weighted by Crippen LogP contribution is -2.25. The maximum atomic E-state index is 12.3. The van der Waals surface area contributed by atoms with Gasteiger partial charge in [-0.3, -0.25) is 4.79 Å². The van der Waals surface area contributed by atoms with Crippen molar-refractivity contribution in [2.24, 2.45) is 0 Å². The van der Waals surface area contributed by atoms with E-state index >= 15 is 0 Å². The van der Waals surface area contributed by atoms with Crippen LogP contribution in [0.4, 0.5) is 0 Å². The number of carbonyl (C=O) groups excluding carboxylic acids is 1. The molecule has 0 bridgehead atoms. The highest BCUT2D eigenvalue weighted by molar-refractivity contribution is 5.76. The van der Waals surface area contributed by atoms with Crippen molar-refractivity contribution in [3.63, 3.8) is 0 Å². The molecule has 122 valence electrons. The van der Waals surface area contributed by atoms with E-state index in [-0.39, 0.29) is 11.3 Å². The Morgan fingerprint density at radius 3 is 2.83 bits per heavy atom. The first-order chi connectivity index (χ1) is 10.9. The Balaban J connectivity index is 1.57. The maximum absolute atomic E-state index is 12.3. The first-order valence-corrected chi connectivity index (χ1v) is 7.77. The Hall–Kier alpha value is -2.38. The summed E-state index contributed by atoms with van der Waals surface area (Å²) in [6.45, 7) is 8.09. The van der Waals surface area contributed by atoms with Crippen molar-refractivity contribution < 1.29 is 4.79 Å². The summed E-state index contributed by atoms with van der Waals surface area (Å²) >= 11 is 0. The molecule has 0 N–H and O–H groups in total. The zero-order valence-corrected chi connectivity index (χ0v) is 13.7. The summed E-state index contributed by atoms with van der Waals surface area (Å²) in [5.74, 6) is 0.956. The number of hydrogen-bond donors (Lipinski definition) is 0. The van der Waals surface area contributed by atoms with E-state index in [0.29, 0.717) is 26.1 Å². The second-order valence-corrected chi connectivity index (χ2v) is 6.84. The van der Waals surface area contributed by atoms with Crippen molar-refractivity contribution in [1.82, 2.24) is 35.1 Å². The minimum absolute atomic E-state index is 0.0850. The predicted molar refractivity (Wildman–Crippen MR) is 82.0 cm³/mol. The van der Waals surface area contributed by atoms with Crippen LogP contribution < -0.4 is 0 Å². The fourth-order valence-electron chi connectivity index (χ4n) is 2.52. The highest BCUT2D eigenvalue weighted by atomic mass is 16.2. The largest absolute Gasteiger partial charge is 0.332 e. The number of aryl methyl sites for hydroxylation is 1. The molecule has 8 nitrogen and oxygen atoms in total. The van der Waals surface area contributed by atoms with Gasteiger partial charge in [0.2, 0.25) is 5.91 Å². The fourth-order valence-corrected chi connectivity index (χ4v) is 2.52. The van der Waals surface area contributed by atoms with Crippen molar-refractivity contribution in [2.45, 2.75) is 58.7 Å². The molecule has 0 spiro atoms. The van der Waals surface area contributed by atoms with E-state index in [0.717, 1.165) is 23.5 Å². The van der Waals surface area contributed by atoms with Gasteiger partial charge in [0.15, 0.2) is 0 Å². The van der Waals surface area contributed by atoms with Gasteiger partial charge in [-0.25, -0.2) is 14.6 Å². The van der Waals surface area contributed by atoms with E-state index in [1.165, 1.54) is 0 Å². The first-order valence-electron chi connectivity index (χ1n) is 7.77. The molecule has 0 atom stereocenters. The van der Waals surface area contributed by atoms with Crippen molar-refractivity contribution in [1.29, 1.82) is 0 Å². The van der Waals surface area contributed by atoms with Crippen LogP contribution in [-0.2, 0) is 29.8 Å². The molecule has 1 aliphatic heterocycles. The lowest BCUT2D eigenvalue weighted by molar-refractivity contribution is -0.132. The lowest BCUT2D eigenvalue weighted by atomic mass is 9.95. The summed E-state index contributed by atoms with van der Waals surface area (Å²) in [5.41, 5.74) is 1.93. The summed E-state index contributed by atoms with van der Waals surface area (Å²) in [6, 6.07) is 0. The van der Waals surface area contributed by atoms with Crippen LogP contribution in [0.2, 0.25) is 0 Å². The van der Waals surface area contributed by atoms with Crippen molar-refractivity contribution in [3.05, 3.63) is 29.6 Å². The number of carbonyl (C=O) groups is 1. The molecule has 2 aromatic rings. The molecule has 0 saturated heterocycles. The minimum atomic E-state index is -0.0850. The third kappa shape index (κ3) is 3.52. The number of rotatable bonds is 4. The van der Waals surface area contributed by atoms with Crippen LogP contribution in [0.5, 0.6) is 0 Å². The summed E-state index contributed by atoms with van der Waals surface area (Å²) in [7, 11) is 0. The van der Waals surface area contributed by atoms with E-state index < -0.39 is 0 Å². The molecular formula is C15H21N7O. The van der Waals surface area contributed by atoms with Crippen molar-refractivity contribution in [2.75, 3.05) is 0 Å². The number of fused-ring (bicyclic) bond motifs is 1. The second-order valence-electron chi connectivity index (χ2n) is 6.84. The molecule has 3 heterocycles. The quantitative estimate of drug-likeness (QED) is 0.839. The molecule has 1 aliphatic rings.